The van der Waals surface area contributed by atoms with Crippen LogP contribution >= 0.6 is 0 Å². The average molecular weight is 1980 g/mol. The van der Waals surface area contributed by atoms with Gasteiger partial charge in [-0.15, -0.1) is 0 Å². The minimum Gasteiger partial charge on any atom is -0.540 e. The summed E-state index contributed by atoms with van der Waals surface area (Å²) < 4.78 is 96.9. The minimum atomic E-state index is -3.35. The number of ether oxygens (including phenoxy) is 11. The van der Waals surface area contributed by atoms with Crippen molar-refractivity contribution in [2.75, 3.05) is 67.4 Å². The first-order valence-electron chi connectivity index (χ1n) is 48.4. The van der Waals surface area contributed by atoms with Crippen LogP contribution in [0.3, 0.4) is 0 Å². The fourth-order valence-corrected chi connectivity index (χ4v) is 23.2. The van der Waals surface area contributed by atoms with Gasteiger partial charge < -0.3 is 81.2 Å². The minimum absolute atomic E-state index is 0. The molecule has 2 unspecified atom stereocenters. The smallest absolute Gasteiger partial charge is 0.306 e. The molecule has 20 atom stereocenters. The van der Waals surface area contributed by atoms with Gasteiger partial charge in [0.2, 0.25) is 35.4 Å². The van der Waals surface area contributed by atoms with E-state index in [9.17, 15) is 43.2 Å². The number of nitrogens with zero attached hydrogens (tertiary/aromatic N) is 9. The summed E-state index contributed by atoms with van der Waals surface area (Å²) in [4.78, 5) is 153. The molecule has 34 heteroatoms. The van der Waals surface area contributed by atoms with Gasteiger partial charge in [-0.2, -0.15) is 8.78 Å². The predicted molar refractivity (Wildman–Crippen MR) is 477 cm³/mol. The summed E-state index contributed by atoms with van der Waals surface area (Å²) in [5.41, 5.74) is 2.99. The van der Waals surface area contributed by atoms with Crippen molar-refractivity contribution in [2.45, 2.75) is 282 Å². The molecule has 0 spiro atoms. The van der Waals surface area contributed by atoms with Crippen LogP contribution in [0, 0.1) is 81.3 Å². The molecule has 6 aromatic rings. The summed E-state index contributed by atoms with van der Waals surface area (Å²) >= 11 is 0. The molecule has 29 nitrogen and oxygen atoms in total. The Hall–Kier alpha value is -8.16. The molecular weight excluding hydrogens is 1850 g/mol. The molecule has 6 bridgehead atoms. The number of fused-ring (bicyclic) bond motifs is 17. The van der Waals surface area contributed by atoms with Crippen LogP contribution in [0.15, 0.2) is 54.6 Å². The quantitative estimate of drug-likeness (QED) is 0.0698. The van der Waals surface area contributed by atoms with Gasteiger partial charge in [0.25, 0.3) is 5.92 Å². The number of carbonyl (C=O) groups is 6. The number of rotatable bonds is 10. The molecule has 8 aliphatic heterocycles. The standard InChI is InChI=1S/C37H46F2N3O6.C33H42N3O7.C31H38N3O7.3V/c1-4-23-29(20-43)42-19-31(23)48-34-33(40-27-11-10-22(46-3)17-28(27)41-34)37(38,39)14-6-5-9-24-25-15-21(25)16-30(24)47-32(44)18-26(35(42)45)36(2)12-7-8-13-36;1-20-27(17-37)36-16-29(20)43-31-25(34-24-13-12-22(40-3)14-26(24)35-31)10-6-4-5-8-21-9-7-11-28(21)42-30(38)15-23(32(36)39)33(2)18-41-19-33;1-18-25(15-35)34-14-27(18)41-29-23(32-22-10-9-20(38-3)12-24(22)33-29)8-6-4-5-7-19-11-26(19)40-28(36)13-21(30(34)37)31(2)16-39-17-31;;;/h10-11,17,21,23-26,29-31H,4-9,12-16,18-19H2,1-3H3;12-14,20-21,23,27-29H,4-11,15-16,18-19H2,1-3H3;9-10,12,18-19,21,25-27H,4-8,11,13-14,16-17H2,1-3H3;;;/q3*-1;;;/t21?,23-,24+,25?,26+,29+,30+,31-;20-,21+,23+,27+,28+,29-;18-,19+,21+,25+,26+,27-;;;/m000.../s1. The number of aryl methyl sites for hydroxylation is 2. The van der Waals surface area contributed by atoms with E-state index >= 15 is 8.78 Å². The van der Waals surface area contributed by atoms with E-state index in [-0.39, 0.29) is 184 Å². The molecule has 5 saturated carbocycles. The molecule has 11 heterocycles. The van der Waals surface area contributed by atoms with Crippen LogP contribution in [0.1, 0.15) is 226 Å². The number of halogens is 2. The summed E-state index contributed by atoms with van der Waals surface area (Å²) in [5.74, 6) is -4.27. The number of benzene rings is 3. The van der Waals surface area contributed by atoms with Crippen LogP contribution in [0.2, 0.25) is 0 Å². The Morgan fingerprint density at radius 1 is 0.407 bits per heavy atom. The molecule has 10 fully saturated rings. The second-order valence-corrected chi connectivity index (χ2v) is 40.7. The number of aromatic nitrogens is 6. The van der Waals surface area contributed by atoms with Crippen molar-refractivity contribution < 1.29 is 160 Å². The fraction of sp³-hybridized carbons (Fsp3) is 0.673. The molecule has 19 rings (SSSR count). The molecule has 13 aliphatic rings. The Balaban J connectivity index is 0.000000161. The maximum atomic E-state index is 16.2. The molecule has 0 N–H and O–H groups in total. The monoisotopic (exact) mass is 1980 g/mol. The molecule has 3 aromatic heterocycles. The molecule has 5 saturated heterocycles. The topological polar surface area (TPSA) is 342 Å². The SMILES string of the molecule is CC[C@@H]1[C@@H]2CN(C(=O)[C@H](C3(C)CCCC3)CC(=O)O[C@@H]3CC4CC4[C@H]3CCCCC(F)(F)c3nc4ccc(OC)cc4nc3O2)[C@@H]1[C-]=O.COc1ccc2nc3c(nc2c1)O[C@H]1CN(C(=O)[C@H](C2(C)COC2)CC(=O)O[C@@H]2CCC[C@H]2CCCCC3)[C@H]([C-]=O)[C@@H]1C.COc1ccc2nc3c(nc2c1)O[C@H]1CN(C(=O)[C@H](C2(C)COC2)CC(=O)O[C@@H]2C[C@H]2CCCCC3)[C@H]([C-]=O)[C@@H]1C.[V].[V].[V]. The Labute approximate surface area is 823 Å². The summed E-state index contributed by atoms with van der Waals surface area (Å²) in [6.07, 6.45) is 24.0. The molecule has 5 aliphatic carbocycles. The van der Waals surface area contributed by atoms with Gasteiger partial charge in [0, 0.05) is 91.1 Å². The first-order chi connectivity index (χ1) is 63.6. The van der Waals surface area contributed by atoms with Crippen molar-refractivity contribution in [2.24, 2.45) is 81.3 Å². The van der Waals surface area contributed by atoms with Gasteiger partial charge in [0.1, 0.15) is 65.3 Å². The zero-order valence-corrected chi connectivity index (χ0v) is 83.0. The zero-order chi connectivity index (χ0) is 92.7. The van der Waals surface area contributed by atoms with Gasteiger partial charge in [-0.05, 0) is 192 Å². The van der Waals surface area contributed by atoms with E-state index in [1.54, 1.807) is 37.3 Å². The Kier molecular flexibility index (Phi) is 33.3. The van der Waals surface area contributed by atoms with Gasteiger partial charge in [-0.1, -0.05) is 111 Å². The third-order valence-corrected chi connectivity index (χ3v) is 31.8. The van der Waals surface area contributed by atoms with Crippen LogP contribution in [0.25, 0.3) is 33.1 Å². The number of carbonyl (C=O) groups excluding carboxylic acids is 9. The maximum Gasteiger partial charge on any atom is 0.306 e. The number of hydrogen-bond donors (Lipinski definition) is 0. The third-order valence-electron chi connectivity index (χ3n) is 31.8. The molecule has 3 radical (unpaired) electrons. The van der Waals surface area contributed by atoms with E-state index in [0.717, 1.165) is 138 Å². The third kappa shape index (κ3) is 22.1. The van der Waals surface area contributed by atoms with E-state index in [4.69, 9.17) is 72.0 Å². The van der Waals surface area contributed by atoms with Crippen molar-refractivity contribution in [1.82, 2.24) is 44.6 Å². The second-order valence-electron chi connectivity index (χ2n) is 40.7. The van der Waals surface area contributed by atoms with Crippen molar-refractivity contribution in [3.8, 4) is 34.9 Å². The van der Waals surface area contributed by atoms with E-state index < -0.39 is 94.4 Å². The van der Waals surface area contributed by atoms with E-state index in [1.807, 2.05) is 71.0 Å². The number of hydrogen-bond acceptors (Lipinski definition) is 26. The Bertz CT molecular complexity index is 5280. The second kappa shape index (κ2) is 43.7. The largest absolute Gasteiger partial charge is 0.540 e. The predicted octanol–water partition coefficient (Wildman–Crippen LogP) is 14.2. The summed E-state index contributed by atoms with van der Waals surface area (Å²) in [6.45, 7) is 13.5. The molecule has 3 aromatic carbocycles. The van der Waals surface area contributed by atoms with Crippen molar-refractivity contribution in [3.05, 3.63) is 71.7 Å². The van der Waals surface area contributed by atoms with Crippen LogP contribution in [-0.4, -0.2) is 221 Å². The van der Waals surface area contributed by atoms with Crippen LogP contribution < -0.4 is 28.4 Å². The number of amides is 3. The molecular formula is C101H126F2N9O20V3-3. The molecule has 135 heavy (non-hydrogen) atoms. The molecule has 727 valence electrons. The van der Waals surface area contributed by atoms with E-state index in [1.165, 1.54) is 16.9 Å². The van der Waals surface area contributed by atoms with Crippen LogP contribution in [0.4, 0.5) is 8.78 Å². The number of alkyl halides is 2. The average Bonchev–Trinajstić information content (AvgIpc) is 1.69. The van der Waals surface area contributed by atoms with Crippen molar-refractivity contribution >= 4 is 87.6 Å². The van der Waals surface area contributed by atoms with Gasteiger partial charge in [-0.25, -0.2) is 48.8 Å². The zero-order valence-electron chi connectivity index (χ0n) is 78.8. The number of methoxy groups -OCH3 is 3. The summed E-state index contributed by atoms with van der Waals surface area (Å²) in [5, 5.41) is 0. The van der Waals surface area contributed by atoms with Crippen molar-refractivity contribution in [3.63, 3.8) is 0 Å². The van der Waals surface area contributed by atoms with E-state index in [2.05, 4.69) is 35.8 Å². The molecule has 3 amide bonds. The van der Waals surface area contributed by atoms with Crippen molar-refractivity contribution in [1.29, 1.82) is 0 Å². The fourth-order valence-electron chi connectivity index (χ4n) is 23.2. The Morgan fingerprint density at radius 2 is 0.822 bits per heavy atom. The van der Waals surface area contributed by atoms with Crippen LogP contribution in [-0.2, 0) is 141 Å². The van der Waals surface area contributed by atoms with Gasteiger partial charge in [0.05, 0.1) is 138 Å². The van der Waals surface area contributed by atoms with Gasteiger partial charge in [0.15, 0.2) is 5.69 Å². The van der Waals surface area contributed by atoms with Crippen LogP contribution in [0.5, 0.6) is 34.9 Å². The Morgan fingerprint density at radius 3 is 1.30 bits per heavy atom. The van der Waals surface area contributed by atoms with Gasteiger partial charge >= 0.3 is 17.9 Å². The van der Waals surface area contributed by atoms with Gasteiger partial charge in [-0.3, -0.25) is 28.8 Å². The first kappa shape index (κ1) is 103. The number of esters is 3. The first-order valence-corrected chi connectivity index (χ1v) is 48.4. The summed E-state index contributed by atoms with van der Waals surface area (Å²) in [7, 11) is 4.72. The maximum absolute atomic E-state index is 16.2. The summed E-state index contributed by atoms with van der Waals surface area (Å²) in [6, 6.07) is 13.5. The van der Waals surface area contributed by atoms with E-state index in [0.29, 0.717) is 128 Å². The normalized spacial score (nSPS) is 32.1.